The molecular weight excluding hydrogens is 378 g/mol. The van der Waals surface area contributed by atoms with Crippen molar-refractivity contribution in [1.29, 1.82) is 0 Å². The fourth-order valence-corrected chi connectivity index (χ4v) is 5.41. The van der Waals surface area contributed by atoms with Gasteiger partial charge in [0, 0.05) is 31.7 Å². The van der Waals surface area contributed by atoms with Crippen LogP contribution in [-0.2, 0) is 4.74 Å². The molecule has 0 amide bonds. The van der Waals surface area contributed by atoms with E-state index in [4.69, 9.17) is 4.74 Å². The number of likely N-dealkylation sites (tertiary alicyclic amines) is 1. The lowest BCUT2D eigenvalue weighted by Crippen LogP contribution is -2.52. The number of alkyl halides is 2. The maximum Gasteiger partial charge on any atom is 0.262 e. The van der Waals surface area contributed by atoms with Crippen LogP contribution in [0.3, 0.4) is 0 Å². The normalized spacial score (nSPS) is 29.1. The van der Waals surface area contributed by atoms with Crippen molar-refractivity contribution >= 4 is 16.9 Å². The van der Waals surface area contributed by atoms with Crippen molar-refractivity contribution in [3.05, 3.63) is 18.6 Å². The van der Waals surface area contributed by atoms with Gasteiger partial charge < -0.3 is 19.9 Å². The van der Waals surface area contributed by atoms with Crippen LogP contribution >= 0.6 is 0 Å². The van der Waals surface area contributed by atoms with Crippen molar-refractivity contribution in [3.8, 4) is 0 Å². The number of ether oxygens (including phenoxy) is 1. The molecule has 0 bridgehead atoms. The van der Waals surface area contributed by atoms with Crippen molar-refractivity contribution in [2.45, 2.75) is 55.9 Å². The van der Waals surface area contributed by atoms with Crippen molar-refractivity contribution in [1.82, 2.24) is 24.8 Å². The minimum absolute atomic E-state index is 0.0240. The van der Waals surface area contributed by atoms with E-state index in [0.717, 1.165) is 55.6 Å². The zero-order valence-corrected chi connectivity index (χ0v) is 16.7. The minimum Gasteiger partial charge on any atom is -0.372 e. The van der Waals surface area contributed by atoms with Gasteiger partial charge in [0.25, 0.3) is 5.92 Å². The smallest absolute Gasteiger partial charge is 0.262 e. The van der Waals surface area contributed by atoms with Crippen LogP contribution in [0.1, 0.15) is 38.3 Å². The summed E-state index contributed by atoms with van der Waals surface area (Å²) in [6, 6.07) is 1.99. The topological polar surface area (TPSA) is 67.2 Å². The molecule has 7 nitrogen and oxygen atoms in total. The van der Waals surface area contributed by atoms with Crippen LogP contribution in [0.2, 0.25) is 0 Å². The number of fused-ring (bicyclic) bond motifs is 1. The maximum absolute atomic E-state index is 14.3. The molecule has 1 spiro atoms. The van der Waals surface area contributed by atoms with E-state index < -0.39 is 5.92 Å². The molecule has 3 aliphatic rings. The summed E-state index contributed by atoms with van der Waals surface area (Å²) in [5.41, 5.74) is 0.447. The molecule has 3 saturated heterocycles. The Hall–Kier alpha value is -1.84. The number of anilines is 1. The summed E-state index contributed by atoms with van der Waals surface area (Å²) in [6.45, 7) is 2.04. The first-order valence-corrected chi connectivity index (χ1v) is 10.5. The third-order valence-electron chi connectivity index (χ3n) is 6.78. The molecule has 0 saturated carbocycles. The molecule has 5 heterocycles. The summed E-state index contributed by atoms with van der Waals surface area (Å²) in [4.78, 5) is 10.7. The third kappa shape index (κ3) is 3.39. The summed E-state index contributed by atoms with van der Waals surface area (Å²) in [7, 11) is 1.84. The van der Waals surface area contributed by atoms with E-state index in [1.165, 1.54) is 0 Å². The predicted molar refractivity (Wildman–Crippen MR) is 106 cm³/mol. The molecule has 0 aliphatic carbocycles. The molecule has 29 heavy (non-hydrogen) atoms. The van der Waals surface area contributed by atoms with Crippen molar-refractivity contribution < 1.29 is 13.5 Å². The molecule has 2 aromatic heterocycles. The zero-order valence-electron chi connectivity index (χ0n) is 16.7. The summed E-state index contributed by atoms with van der Waals surface area (Å²) >= 11 is 0. The second-order valence-electron chi connectivity index (χ2n) is 8.61. The van der Waals surface area contributed by atoms with Gasteiger partial charge in [-0.2, -0.15) is 0 Å². The average Bonchev–Trinajstić information content (AvgIpc) is 3.39. The van der Waals surface area contributed by atoms with E-state index in [9.17, 15) is 8.78 Å². The number of nitrogens with one attached hydrogen (secondary N) is 2. The fraction of sp³-hybridized carbons (Fsp3) is 0.700. The van der Waals surface area contributed by atoms with Crippen LogP contribution in [0, 0.1) is 0 Å². The third-order valence-corrected chi connectivity index (χ3v) is 6.78. The van der Waals surface area contributed by atoms with Crippen LogP contribution in [0.15, 0.2) is 18.6 Å². The van der Waals surface area contributed by atoms with Crippen molar-refractivity contribution in [2.75, 3.05) is 38.5 Å². The first kappa shape index (κ1) is 19.1. The molecule has 3 aliphatic heterocycles. The Labute approximate surface area is 168 Å². The fourth-order valence-electron chi connectivity index (χ4n) is 5.41. The van der Waals surface area contributed by atoms with Gasteiger partial charge in [-0.05, 0) is 44.8 Å². The predicted octanol–water partition coefficient (Wildman–Crippen LogP) is 2.61. The van der Waals surface area contributed by atoms with Gasteiger partial charge >= 0.3 is 0 Å². The van der Waals surface area contributed by atoms with Gasteiger partial charge in [0.15, 0.2) is 0 Å². The molecule has 5 rings (SSSR count). The Bertz CT molecular complexity index is 881. The first-order valence-electron chi connectivity index (χ1n) is 10.5. The maximum atomic E-state index is 14.3. The summed E-state index contributed by atoms with van der Waals surface area (Å²) in [5, 5.41) is 7.34. The first-order chi connectivity index (χ1) is 14.0. The molecule has 158 valence electrons. The number of aromatic nitrogens is 3. The number of piperidine rings is 1. The molecule has 9 heteroatoms. The molecule has 0 radical (unpaired) electrons. The van der Waals surface area contributed by atoms with Crippen LogP contribution in [0.5, 0.6) is 0 Å². The molecule has 3 fully saturated rings. The molecule has 2 unspecified atom stereocenters. The van der Waals surface area contributed by atoms with Crippen LogP contribution < -0.4 is 10.6 Å². The Morgan fingerprint density at radius 2 is 2.10 bits per heavy atom. The summed E-state index contributed by atoms with van der Waals surface area (Å²) in [6.07, 6.45) is 6.62. The summed E-state index contributed by atoms with van der Waals surface area (Å²) < 4.78 is 37.0. The number of hydrogen-bond acceptors (Lipinski definition) is 6. The second kappa shape index (κ2) is 7.14. The standard InChI is InChI=1S/C20H28F2N6O/c1-23-17-15-4-9-28(18(15)26-13-25-17)16-3-2-14(29-16)10-27-12-20(21,22)11-19(27)5-7-24-8-6-19/h4,9,13-14,16,24H,2-3,5-8,10-12H2,1H3,(H,23,25,26). The van der Waals surface area contributed by atoms with Gasteiger partial charge in [0.1, 0.15) is 24.0 Å². The lowest BCUT2D eigenvalue weighted by molar-refractivity contribution is -0.0309. The van der Waals surface area contributed by atoms with Gasteiger partial charge in [0.2, 0.25) is 0 Å². The van der Waals surface area contributed by atoms with Gasteiger partial charge in [-0.15, -0.1) is 0 Å². The second-order valence-corrected chi connectivity index (χ2v) is 8.61. The quantitative estimate of drug-likeness (QED) is 0.814. The Balaban J connectivity index is 1.31. The molecule has 2 aromatic rings. The highest BCUT2D eigenvalue weighted by molar-refractivity contribution is 5.87. The number of nitrogens with zero attached hydrogens (tertiary/aromatic N) is 4. The van der Waals surface area contributed by atoms with Gasteiger partial charge in [-0.25, -0.2) is 18.7 Å². The SMILES string of the molecule is CNc1ncnc2c1ccn2C1CCC(CN2CC(F)(F)CC23CCNCC3)O1. The average molecular weight is 406 g/mol. The van der Waals surface area contributed by atoms with Gasteiger partial charge in [-0.1, -0.05) is 0 Å². The number of rotatable bonds is 4. The Morgan fingerprint density at radius 3 is 2.90 bits per heavy atom. The minimum atomic E-state index is -2.60. The number of halogens is 2. The van der Waals surface area contributed by atoms with E-state index >= 15 is 0 Å². The molecule has 2 N–H and O–H groups in total. The van der Waals surface area contributed by atoms with Crippen molar-refractivity contribution in [3.63, 3.8) is 0 Å². The van der Waals surface area contributed by atoms with E-state index in [2.05, 4.69) is 20.6 Å². The largest absolute Gasteiger partial charge is 0.372 e. The highest BCUT2D eigenvalue weighted by Gasteiger charge is 2.55. The van der Waals surface area contributed by atoms with Crippen LogP contribution in [0.4, 0.5) is 14.6 Å². The molecule has 0 aromatic carbocycles. The van der Waals surface area contributed by atoms with E-state index in [-0.39, 0.29) is 30.8 Å². The highest BCUT2D eigenvalue weighted by atomic mass is 19.3. The zero-order chi connectivity index (χ0) is 20.1. The lowest BCUT2D eigenvalue weighted by atomic mass is 9.85. The Kier molecular flexibility index (Phi) is 4.71. The van der Waals surface area contributed by atoms with E-state index in [1.54, 1.807) is 6.33 Å². The summed E-state index contributed by atoms with van der Waals surface area (Å²) in [5.74, 6) is -1.82. The highest BCUT2D eigenvalue weighted by Crippen LogP contribution is 2.45. The van der Waals surface area contributed by atoms with Gasteiger partial charge in [0.05, 0.1) is 18.0 Å². The van der Waals surface area contributed by atoms with E-state index in [0.29, 0.717) is 6.54 Å². The Morgan fingerprint density at radius 1 is 1.28 bits per heavy atom. The monoisotopic (exact) mass is 406 g/mol. The molecular formula is C20H28F2N6O. The van der Waals surface area contributed by atoms with Gasteiger partial charge in [-0.3, -0.25) is 4.90 Å². The van der Waals surface area contributed by atoms with Crippen LogP contribution in [-0.4, -0.2) is 70.2 Å². The lowest BCUT2D eigenvalue weighted by Gasteiger charge is -2.42. The van der Waals surface area contributed by atoms with Crippen LogP contribution in [0.25, 0.3) is 11.0 Å². The van der Waals surface area contributed by atoms with Crippen molar-refractivity contribution in [2.24, 2.45) is 0 Å². The number of hydrogen-bond donors (Lipinski definition) is 2. The molecule has 2 atom stereocenters. The van der Waals surface area contributed by atoms with E-state index in [1.807, 2.05) is 28.8 Å².